The van der Waals surface area contributed by atoms with Crippen molar-refractivity contribution in [3.05, 3.63) is 95.8 Å². The van der Waals surface area contributed by atoms with Crippen LogP contribution in [-0.4, -0.2) is 96.3 Å². The number of hydrogen-bond donors (Lipinski definition) is 2. The number of benzene rings is 3. The molecule has 9 rings (SSSR count). The van der Waals surface area contributed by atoms with Crippen molar-refractivity contribution in [1.82, 2.24) is 39.8 Å². The summed E-state index contributed by atoms with van der Waals surface area (Å²) in [5, 5.41) is 7.93. The van der Waals surface area contributed by atoms with E-state index in [0.29, 0.717) is 67.3 Å². The van der Waals surface area contributed by atoms with E-state index in [1.807, 2.05) is 75.1 Å². The van der Waals surface area contributed by atoms with Crippen LogP contribution in [0.15, 0.2) is 79.1 Å². The highest BCUT2D eigenvalue weighted by Gasteiger charge is 2.45. The van der Waals surface area contributed by atoms with Crippen LogP contribution in [0.25, 0.3) is 22.3 Å². The summed E-state index contributed by atoms with van der Waals surface area (Å²) in [6.07, 6.45) is 4.62. The largest absolute Gasteiger partial charge is 0.457 e. The number of imide groups is 2. The van der Waals surface area contributed by atoms with E-state index in [9.17, 15) is 24.0 Å². The fourth-order valence-corrected chi connectivity index (χ4v) is 8.43. The van der Waals surface area contributed by atoms with Gasteiger partial charge in [0.25, 0.3) is 11.8 Å². The van der Waals surface area contributed by atoms with Gasteiger partial charge in [-0.05, 0) is 92.1 Å². The third kappa shape index (κ3) is 6.28. The first kappa shape index (κ1) is 35.1. The molecule has 2 atom stereocenters. The molecule has 0 spiro atoms. The SMILES string of the molecule is Nc1ncnc2c1c(-c1ccc(Oc3ccccc3)cc1)nn2C1CCCN(C(=O)N2CCC(c3ccc4c(c3)C(=O)N(C3CCC(=O)NC3=O)C4=O)CC2)C1. The summed E-state index contributed by atoms with van der Waals surface area (Å²) in [5.41, 5.74) is 9.99. The van der Waals surface area contributed by atoms with E-state index >= 15 is 0 Å². The molecule has 3 fully saturated rings. The Morgan fingerprint density at radius 3 is 2.32 bits per heavy atom. The number of nitrogens with one attached hydrogen (secondary N) is 1. The summed E-state index contributed by atoms with van der Waals surface area (Å²) in [4.78, 5) is 78.3. The molecule has 3 aromatic carbocycles. The number of urea groups is 1. The summed E-state index contributed by atoms with van der Waals surface area (Å²) in [6.45, 7) is 2.18. The van der Waals surface area contributed by atoms with Crippen LogP contribution >= 0.6 is 0 Å². The number of aromatic nitrogens is 4. The van der Waals surface area contributed by atoms with Gasteiger partial charge in [0.1, 0.15) is 35.4 Å². The van der Waals surface area contributed by atoms with Crippen LogP contribution in [0, 0.1) is 0 Å². The third-order valence-corrected chi connectivity index (χ3v) is 11.3. The van der Waals surface area contributed by atoms with E-state index in [0.717, 1.165) is 34.6 Å². The Morgan fingerprint density at radius 2 is 1.55 bits per heavy atom. The Labute approximate surface area is 321 Å². The molecule has 284 valence electrons. The fourth-order valence-electron chi connectivity index (χ4n) is 8.43. The fraction of sp³-hybridized carbons (Fsp3) is 0.317. The van der Waals surface area contributed by atoms with E-state index in [1.165, 1.54) is 6.33 Å². The Hall–Kier alpha value is -6.64. The molecule has 5 aromatic rings. The van der Waals surface area contributed by atoms with Crippen molar-refractivity contribution in [1.29, 1.82) is 0 Å². The van der Waals surface area contributed by atoms with E-state index in [-0.39, 0.29) is 42.0 Å². The standard InChI is InChI=1S/C41H39N9O6/c42-36-34-35(25-8-11-29(12-9-25)56-28-6-2-1-3-7-28)46-50(37(34)44-23-43-36)27-5-4-18-48(22-27)41(55)47-19-16-24(17-20-47)26-10-13-30-31(21-26)40(54)49(39(30)53)32-14-15-33(51)45-38(32)52/h1-3,6-13,21,23-24,27,32H,4-5,14-20,22H2,(H2,42,43,44)(H,45,51,52). The zero-order valence-corrected chi connectivity index (χ0v) is 30.5. The summed E-state index contributed by atoms with van der Waals surface area (Å²) < 4.78 is 7.88. The molecule has 2 unspecified atom stereocenters. The van der Waals surface area contributed by atoms with Crippen LogP contribution in [-0.2, 0) is 9.59 Å². The molecule has 6 heterocycles. The zero-order valence-electron chi connectivity index (χ0n) is 30.5. The van der Waals surface area contributed by atoms with Gasteiger partial charge in [-0.3, -0.25) is 29.4 Å². The minimum absolute atomic E-state index is 0.0254. The molecule has 0 radical (unpaired) electrons. The number of piperidine rings is 3. The number of nitrogen functional groups attached to an aromatic ring is 1. The van der Waals surface area contributed by atoms with E-state index in [4.69, 9.17) is 15.6 Å². The smallest absolute Gasteiger partial charge is 0.320 e. The normalized spacial score (nSPS) is 20.4. The van der Waals surface area contributed by atoms with Crippen LogP contribution in [0.3, 0.4) is 0 Å². The maximum atomic E-state index is 14.0. The average Bonchev–Trinajstić information content (AvgIpc) is 3.73. The number of nitrogens with two attached hydrogens (primary N) is 1. The molecule has 3 N–H and O–H groups in total. The lowest BCUT2D eigenvalue weighted by Gasteiger charge is -2.39. The molecule has 3 saturated heterocycles. The van der Waals surface area contributed by atoms with Gasteiger partial charge in [0.2, 0.25) is 11.8 Å². The molecule has 0 aliphatic carbocycles. The molecular weight excluding hydrogens is 715 g/mol. The van der Waals surface area contributed by atoms with Crippen molar-refractivity contribution in [2.75, 3.05) is 31.9 Å². The summed E-state index contributed by atoms with van der Waals surface area (Å²) in [6, 6.07) is 21.3. The van der Waals surface area contributed by atoms with Crippen LogP contribution < -0.4 is 15.8 Å². The number of hydrogen-bond acceptors (Lipinski definition) is 10. The molecule has 4 aliphatic rings. The third-order valence-electron chi connectivity index (χ3n) is 11.3. The molecule has 15 nitrogen and oxygen atoms in total. The van der Waals surface area contributed by atoms with Crippen LogP contribution in [0.5, 0.6) is 11.5 Å². The van der Waals surface area contributed by atoms with Crippen molar-refractivity contribution in [2.24, 2.45) is 0 Å². The maximum Gasteiger partial charge on any atom is 0.320 e. The number of rotatable bonds is 6. The van der Waals surface area contributed by atoms with Crippen LogP contribution in [0.4, 0.5) is 10.6 Å². The van der Waals surface area contributed by atoms with Crippen molar-refractivity contribution in [3.63, 3.8) is 0 Å². The second-order valence-corrected chi connectivity index (χ2v) is 14.7. The molecule has 6 amide bonds. The predicted molar refractivity (Wildman–Crippen MR) is 204 cm³/mol. The number of ether oxygens (including phenoxy) is 1. The average molecular weight is 754 g/mol. The highest BCUT2D eigenvalue weighted by molar-refractivity contribution is 6.23. The lowest BCUT2D eigenvalue weighted by molar-refractivity contribution is -0.136. The Morgan fingerprint density at radius 1 is 0.804 bits per heavy atom. The van der Waals surface area contributed by atoms with Crippen LogP contribution in [0.2, 0.25) is 0 Å². The van der Waals surface area contributed by atoms with Gasteiger partial charge in [0, 0.05) is 38.2 Å². The van der Waals surface area contributed by atoms with Gasteiger partial charge in [-0.15, -0.1) is 0 Å². The summed E-state index contributed by atoms with van der Waals surface area (Å²) in [5.74, 6) is -0.240. The first-order chi connectivity index (χ1) is 27.2. The van der Waals surface area contributed by atoms with Gasteiger partial charge >= 0.3 is 6.03 Å². The molecule has 0 saturated carbocycles. The van der Waals surface area contributed by atoms with Gasteiger partial charge in [0.15, 0.2) is 5.65 Å². The summed E-state index contributed by atoms with van der Waals surface area (Å²) >= 11 is 0. The van der Waals surface area contributed by atoms with Crippen LogP contribution in [0.1, 0.15) is 76.8 Å². The van der Waals surface area contributed by atoms with Gasteiger partial charge in [-0.25, -0.2) is 19.4 Å². The number of nitrogens with zero attached hydrogens (tertiary/aromatic N) is 7. The molecule has 4 aliphatic heterocycles. The lowest BCUT2D eigenvalue weighted by atomic mass is 9.88. The highest BCUT2D eigenvalue weighted by atomic mass is 16.5. The van der Waals surface area contributed by atoms with Gasteiger partial charge in [-0.2, -0.15) is 5.10 Å². The van der Waals surface area contributed by atoms with Crippen molar-refractivity contribution in [3.8, 4) is 22.8 Å². The topological polar surface area (TPSA) is 186 Å². The lowest BCUT2D eigenvalue weighted by Crippen LogP contribution is -2.54. The highest BCUT2D eigenvalue weighted by Crippen LogP contribution is 2.37. The maximum absolute atomic E-state index is 14.0. The number of carbonyl (C=O) groups excluding carboxylic acids is 5. The predicted octanol–water partition coefficient (Wildman–Crippen LogP) is 4.91. The van der Waals surface area contributed by atoms with Crippen molar-refractivity contribution >= 4 is 46.5 Å². The number of carbonyl (C=O) groups is 5. The Balaban J connectivity index is 0.867. The monoisotopic (exact) mass is 753 g/mol. The minimum atomic E-state index is -1.01. The Kier molecular flexibility index (Phi) is 8.90. The Bertz CT molecular complexity index is 2390. The second-order valence-electron chi connectivity index (χ2n) is 14.7. The number of para-hydroxylation sites is 1. The second kappa shape index (κ2) is 14.2. The minimum Gasteiger partial charge on any atom is -0.457 e. The quantitative estimate of drug-likeness (QED) is 0.226. The first-order valence-corrected chi connectivity index (χ1v) is 18.9. The molecule has 15 heteroatoms. The molecular formula is C41H39N9O6. The number of fused-ring (bicyclic) bond motifs is 2. The molecule has 56 heavy (non-hydrogen) atoms. The number of amides is 6. The van der Waals surface area contributed by atoms with Gasteiger partial charge in [0.05, 0.1) is 22.6 Å². The summed E-state index contributed by atoms with van der Waals surface area (Å²) in [7, 11) is 0. The van der Waals surface area contributed by atoms with Crippen molar-refractivity contribution in [2.45, 2.75) is 56.5 Å². The van der Waals surface area contributed by atoms with E-state index in [1.54, 1.807) is 12.1 Å². The van der Waals surface area contributed by atoms with Gasteiger partial charge < -0.3 is 20.3 Å². The molecule has 2 aromatic heterocycles. The van der Waals surface area contributed by atoms with Gasteiger partial charge in [-0.1, -0.05) is 24.3 Å². The van der Waals surface area contributed by atoms with E-state index in [2.05, 4.69) is 15.3 Å². The zero-order chi connectivity index (χ0) is 38.5. The number of anilines is 1. The number of likely N-dealkylation sites (tertiary alicyclic amines) is 2. The van der Waals surface area contributed by atoms with E-state index < -0.39 is 29.7 Å². The first-order valence-electron chi connectivity index (χ1n) is 18.9. The van der Waals surface area contributed by atoms with Crippen molar-refractivity contribution < 1.29 is 28.7 Å². The molecule has 0 bridgehead atoms.